The zero-order valence-electron chi connectivity index (χ0n) is 10.7. The molecule has 5 heteroatoms. The van der Waals surface area contributed by atoms with Gasteiger partial charge in [-0.05, 0) is 13.8 Å². The maximum absolute atomic E-state index is 5.77. The third-order valence-electron chi connectivity index (χ3n) is 1.68. The van der Waals surface area contributed by atoms with Crippen molar-refractivity contribution in [2.24, 2.45) is 0 Å². The molecule has 2 rings (SSSR count). The van der Waals surface area contributed by atoms with Gasteiger partial charge in [-0.25, -0.2) is 9.97 Å². The van der Waals surface area contributed by atoms with E-state index in [4.69, 9.17) is 11.6 Å². The van der Waals surface area contributed by atoms with E-state index in [0.717, 1.165) is 16.9 Å². The number of nitrogens with zero attached hydrogens (tertiary/aromatic N) is 3. The van der Waals surface area contributed by atoms with Crippen LogP contribution in [-0.2, 0) is 0 Å². The molecule has 16 heavy (non-hydrogen) atoms. The van der Waals surface area contributed by atoms with Crippen molar-refractivity contribution in [1.82, 2.24) is 20.2 Å². The van der Waals surface area contributed by atoms with Crippen LogP contribution < -0.4 is 0 Å². The van der Waals surface area contributed by atoms with Crippen LogP contribution in [0.1, 0.15) is 39.1 Å². The van der Waals surface area contributed by atoms with Crippen molar-refractivity contribution in [1.29, 1.82) is 0 Å². The van der Waals surface area contributed by atoms with Crippen LogP contribution in [0.25, 0.3) is 11.2 Å². The molecule has 0 unspecified atom stereocenters. The van der Waals surface area contributed by atoms with E-state index >= 15 is 0 Å². The molecular formula is C11H19ClN4. The zero-order valence-corrected chi connectivity index (χ0v) is 11.5. The minimum atomic E-state index is 0.411. The molecule has 2 heterocycles. The first-order chi connectivity index (χ1) is 7.68. The Morgan fingerprint density at radius 2 is 1.56 bits per heavy atom. The lowest BCUT2D eigenvalue weighted by Gasteiger charge is -1.94. The van der Waals surface area contributed by atoms with Gasteiger partial charge in [0.25, 0.3) is 0 Å². The highest BCUT2D eigenvalue weighted by molar-refractivity contribution is 6.30. The number of rotatable bonds is 0. The number of hydrogen-bond acceptors (Lipinski definition) is 3. The number of nitrogens with one attached hydrogen (secondary N) is 1. The highest BCUT2D eigenvalue weighted by Gasteiger charge is 2.06. The van der Waals surface area contributed by atoms with E-state index in [1.54, 1.807) is 0 Å². The molecule has 0 amide bonds. The van der Waals surface area contributed by atoms with Gasteiger partial charge in [0.05, 0.1) is 11.4 Å². The maximum atomic E-state index is 5.77. The molecule has 0 spiro atoms. The van der Waals surface area contributed by atoms with Crippen LogP contribution in [0.2, 0.25) is 5.15 Å². The number of hydrogen-bond donors (Lipinski definition) is 1. The molecule has 0 aliphatic carbocycles. The topological polar surface area (TPSA) is 54.5 Å². The van der Waals surface area contributed by atoms with Gasteiger partial charge in [0.1, 0.15) is 5.52 Å². The summed E-state index contributed by atoms with van der Waals surface area (Å²) in [6.45, 7) is 11.7. The van der Waals surface area contributed by atoms with Crippen LogP contribution >= 0.6 is 11.6 Å². The molecular weight excluding hydrogens is 224 g/mol. The van der Waals surface area contributed by atoms with Gasteiger partial charge in [0.15, 0.2) is 5.15 Å². The van der Waals surface area contributed by atoms with Crippen molar-refractivity contribution in [2.75, 3.05) is 0 Å². The largest absolute Gasteiger partial charge is 0.278 e. The number of aromatic nitrogens is 4. The van der Waals surface area contributed by atoms with Crippen molar-refractivity contribution in [3.63, 3.8) is 0 Å². The highest BCUT2D eigenvalue weighted by Crippen LogP contribution is 2.15. The van der Waals surface area contributed by atoms with Crippen molar-refractivity contribution >= 4 is 22.8 Å². The smallest absolute Gasteiger partial charge is 0.201 e. The second-order valence-electron chi connectivity index (χ2n) is 2.62. The first kappa shape index (κ1) is 14.8. The third kappa shape index (κ3) is 3.17. The summed E-state index contributed by atoms with van der Waals surface area (Å²) < 4.78 is 0. The minimum absolute atomic E-state index is 0.411. The Bertz CT molecular complexity index is 437. The maximum Gasteiger partial charge on any atom is 0.201 e. The van der Waals surface area contributed by atoms with Gasteiger partial charge in [-0.1, -0.05) is 39.3 Å². The molecule has 4 nitrogen and oxygen atoms in total. The molecule has 0 atom stereocenters. The van der Waals surface area contributed by atoms with E-state index in [-0.39, 0.29) is 0 Å². The number of H-pyrrole nitrogens is 1. The second kappa shape index (κ2) is 7.17. The van der Waals surface area contributed by atoms with Gasteiger partial charge in [0.2, 0.25) is 5.65 Å². The van der Waals surface area contributed by atoms with E-state index in [9.17, 15) is 0 Å². The molecule has 0 aromatic carbocycles. The second-order valence-corrected chi connectivity index (χ2v) is 2.98. The first-order valence-corrected chi connectivity index (χ1v) is 5.91. The van der Waals surface area contributed by atoms with Gasteiger partial charge in [-0.3, -0.25) is 5.10 Å². The van der Waals surface area contributed by atoms with Crippen LogP contribution in [0.15, 0.2) is 0 Å². The summed E-state index contributed by atoms with van der Waals surface area (Å²) in [4.78, 5) is 8.30. The average Bonchev–Trinajstić information content (AvgIpc) is 2.67. The molecule has 0 fully saturated rings. The van der Waals surface area contributed by atoms with Crippen molar-refractivity contribution < 1.29 is 0 Å². The number of aryl methyl sites for hydroxylation is 2. The lowest BCUT2D eigenvalue weighted by molar-refractivity contribution is 1.05. The summed E-state index contributed by atoms with van der Waals surface area (Å²) in [7, 11) is 0. The van der Waals surface area contributed by atoms with Crippen LogP contribution in [0.4, 0.5) is 0 Å². The number of halogens is 1. The summed E-state index contributed by atoms with van der Waals surface area (Å²) >= 11 is 5.77. The Balaban J connectivity index is 0.000000509. The predicted octanol–water partition coefficient (Wildman–Crippen LogP) is 3.68. The molecule has 0 bridgehead atoms. The number of aromatic amines is 1. The number of fused-ring (bicyclic) bond motifs is 1. The molecule has 2 aromatic heterocycles. The van der Waals surface area contributed by atoms with Gasteiger partial charge >= 0.3 is 0 Å². The fourth-order valence-electron chi connectivity index (χ4n) is 1.01. The molecule has 1 N–H and O–H groups in total. The third-order valence-corrected chi connectivity index (χ3v) is 2.04. The van der Waals surface area contributed by atoms with E-state index in [1.807, 2.05) is 41.5 Å². The molecule has 2 aromatic rings. The molecule has 90 valence electrons. The fraction of sp³-hybridized carbons (Fsp3) is 0.545. The van der Waals surface area contributed by atoms with Crippen molar-refractivity contribution in [2.45, 2.75) is 41.5 Å². The Kier molecular flexibility index (Phi) is 6.65. The molecule has 0 saturated carbocycles. The Hall–Kier alpha value is -1.16. The normalized spacial score (nSPS) is 8.94. The van der Waals surface area contributed by atoms with Crippen LogP contribution in [0.3, 0.4) is 0 Å². The quantitative estimate of drug-likeness (QED) is 0.767. The monoisotopic (exact) mass is 242 g/mol. The Labute approximate surface area is 101 Å². The van der Waals surface area contributed by atoms with Crippen LogP contribution in [-0.4, -0.2) is 20.2 Å². The SMILES string of the molecule is CC.CC.Cc1nc2c(C)[nH]nc2nc1Cl. The lowest BCUT2D eigenvalue weighted by Crippen LogP contribution is -1.88. The van der Waals surface area contributed by atoms with Crippen LogP contribution in [0, 0.1) is 13.8 Å². The van der Waals surface area contributed by atoms with E-state index in [2.05, 4.69) is 20.2 Å². The summed E-state index contributed by atoms with van der Waals surface area (Å²) in [6, 6.07) is 0. The fourth-order valence-corrected chi connectivity index (χ4v) is 1.13. The van der Waals surface area contributed by atoms with E-state index < -0.39 is 0 Å². The van der Waals surface area contributed by atoms with Gasteiger partial charge < -0.3 is 0 Å². The standard InChI is InChI=1S/C7H7ClN4.2C2H6/c1-3-5-7(12-11-3)10-6(8)4(2)9-5;2*1-2/h1-2H3,(H,10,11,12);2*1-2H3. The molecule has 0 saturated heterocycles. The summed E-state index contributed by atoms with van der Waals surface area (Å²) in [5.41, 5.74) is 3.01. The van der Waals surface area contributed by atoms with E-state index in [1.165, 1.54) is 0 Å². The average molecular weight is 243 g/mol. The summed E-state index contributed by atoms with van der Waals surface area (Å²) in [6.07, 6.45) is 0. The molecule has 0 aliphatic heterocycles. The van der Waals surface area contributed by atoms with Crippen molar-refractivity contribution in [3.8, 4) is 0 Å². The zero-order chi connectivity index (χ0) is 12.7. The molecule has 0 aliphatic rings. The Morgan fingerprint density at radius 3 is 2.12 bits per heavy atom. The predicted molar refractivity (Wildman–Crippen MR) is 68.9 cm³/mol. The Morgan fingerprint density at radius 1 is 1.00 bits per heavy atom. The lowest BCUT2D eigenvalue weighted by atomic mass is 10.4. The summed E-state index contributed by atoms with van der Waals surface area (Å²) in [5.74, 6) is 0. The first-order valence-electron chi connectivity index (χ1n) is 5.53. The minimum Gasteiger partial charge on any atom is -0.278 e. The van der Waals surface area contributed by atoms with Gasteiger partial charge in [0, 0.05) is 0 Å². The van der Waals surface area contributed by atoms with Crippen LogP contribution in [0.5, 0.6) is 0 Å². The van der Waals surface area contributed by atoms with Gasteiger partial charge in [-0.2, -0.15) is 5.10 Å². The summed E-state index contributed by atoms with van der Waals surface area (Å²) in [5, 5.41) is 7.15. The van der Waals surface area contributed by atoms with Gasteiger partial charge in [-0.15, -0.1) is 0 Å². The van der Waals surface area contributed by atoms with E-state index in [0.29, 0.717) is 10.8 Å². The highest BCUT2D eigenvalue weighted by atomic mass is 35.5. The van der Waals surface area contributed by atoms with Crippen molar-refractivity contribution in [3.05, 3.63) is 16.5 Å². The molecule has 0 radical (unpaired) electrons.